The Kier molecular flexibility index (Phi) is 3.97. The number of benzene rings is 1. The van der Waals surface area contributed by atoms with Gasteiger partial charge in [0, 0.05) is 16.4 Å². The van der Waals surface area contributed by atoms with Gasteiger partial charge in [0.2, 0.25) is 5.91 Å². The van der Waals surface area contributed by atoms with Crippen LogP contribution in [0.15, 0.2) is 58.2 Å². The van der Waals surface area contributed by atoms with E-state index in [1.165, 1.54) is 10.9 Å². The summed E-state index contributed by atoms with van der Waals surface area (Å²) in [6.07, 6.45) is 2.90. The third kappa shape index (κ3) is 3.04. The summed E-state index contributed by atoms with van der Waals surface area (Å²) in [7, 11) is 0. The van der Waals surface area contributed by atoms with E-state index in [9.17, 15) is 9.59 Å². The quantitative estimate of drug-likeness (QED) is 0.778. The molecule has 0 radical (unpaired) electrons. The van der Waals surface area contributed by atoms with Crippen LogP contribution in [-0.4, -0.2) is 20.4 Å². The number of carbonyl (C=O) groups excluding carboxylic acids is 1. The van der Waals surface area contributed by atoms with Crippen molar-refractivity contribution < 1.29 is 4.79 Å². The SMILES string of the molecule is O=C(Cn1cnc2ncccc2c1=O)Nc1ccc(Br)cc1. The molecule has 0 fully saturated rings. The van der Waals surface area contributed by atoms with Crippen molar-refractivity contribution in [1.29, 1.82) is 0 Å². The standard InChI is InChI=1S/C15H11BrN4O2/c16-10-3-5-11(6-4-10)19-13(21)8-20-9-18-14-12(15(20)22)2-1-7-17-14/h1-7,9H,8H2,(H,19,21). The Labute approximate surface area is 134 Å². The molecule has 0 aliphatic heterocycles. The van der Waals surface area contributed by atoms with Crippen molar-refractivity contribution in [1.82, 2.24) is 14.5 Å². The first-order valence-corrected chi connectivity index (χ1v) is 7.28. The molecule has 2 aromatic heterocycles. The summed E-state index contributed by atoms with van der Waals surface area (Å²) in [5, 5.41) is 3.12. The van der Waals surface area contributed by atoms with Gasteiger partial charge >= 0.3 is 0 Å². The van der Waals surface area contributed by atoms with E-state index < -0.39 is 0 Å². The van der Waals surface area contributed by atoms with Crippen molar-refractivity contribution in [3.63, 3.8) is 0 Å². The number of nitrogens with one attached hydrogen (secondary N) is 1. The zero-order valence-corrected chi connectivity index (χ0v) is 12.9. The van der Waals surface area contributed by atoms with E-state index >= 15 is 0 Å². The minimum absolute atomic E-state index is 0.104. The van der Waals surface area contributed by atoms with Crippen molar-refractivity contribution in [2.45, 2.75) is 6.54 Å². The lowest BCUT2D eigenvalue weighted by Crippen LogP contribution is -2.28. The maximum absolute atomic E-state index is 12.3. The monoisotopic (exact) mass is 358 g/mol. The molecule has 3 rings (SSSR count). The second kappa shape index (κ2) is 6.07. The number of aromatic nitrogens is 3. The van der Waals surface area contributed by atoms with Gasteiger partial charge < -0.3 is 5.32 Å². The fourth-order valence-electron chi connectivity index (χ4n) is 2.00. The van der Waals surface area contributed by atoms with E-state index in [4.69, 9.17) is 0 Å². The van der Waals surface area contributed by atoms with Crippen LogP contribution in [0.25, 0.3) is 11.0 Å². The van der Waals surface area contributed by atoms with E-state index in [2.05, 4.69) is 31.2 Å². The molecule has 0 saturated heterocycles. The molecule has 0 aliphatic rings. The van der Waals surface area contributed by atoms with Crippen LogP contribution >= 0.6 is 15.9 Å². The Morgan fingerprint density at radius 1 is 1.18 bits per heavy atom. The predicted octanol–water partition coefficient (Wildman–Crippen LogP) is 2.19. The van der Waals surface area contributed by atoms with Gasteiger partial charge in [0.15, 0.2) is 5.65 Å². The first kappa shape index (κ1) is 14.4. The smallest absolute Gasteiger partial charge is 0.263 e. The average molecular weight is 359 g/mol. The number of nitrogens with zero attached hydrogens (tertiary/aromatic N) is 3. The molecule has 1 aromatic carbocycles. The Morgan fingerprint density at radius 2 is 1.95 bits per heavy atom. The summed E-state index contributed by atoms with van der Waals surface area (Å²) >= 11 is 3.33. The van der Waals surface area contributed by atoms with Gasteiger partial charge in [-0.15, -0.1) is 0 Å². The maximum atomic E-state index is 12.3. The Bertz CT molecular complexity index is 890. The van der Waals surface area contributed by atoms with Crippen molar-refractivity contribution in [2.24, 2.45) is 0 Å². The molecule has 6 nitrogen and oxygen atoms in total. The molecule has 22 heavy (non-hydrogen) atoms. The highest BCUT2D eigenvalue weighted by Crippen LogP contribution is 2.14. The summed E-state index contributed by atoms with van der Waals surface area (Å²) in [5.74, 6) is -0.297. The minimum atomic E-state index is -0.297. The first-order valence-electron chi connectivity index (χ1n) is 6.49. The number of rotatable bonds is 3. The molecule has 110 valence electrons. The number of pyridine rings is 1. The fourth-order valence-corrected chi connectivity index (χ4v) is 2.26. The van der Waals surface area contributed by atoms with Crippen LogP contribution in [0.3, 0.4) is 0 Å². The third-order valence-electron chi connectivity index (χ3n) is 3.04. The molecule has 0 unspecified atom stereocenters. The van der Waals surface area contributed by atoms with Crippen LogP contribution in [0, 0.1) is 0 Å². The summed E-state index contributed by atoms with van der Waals surface area (Å²) in [4.78, 5) is 32.4. The molecule has 7 heteroatoms. The average Bonchev–Trinajstić information content (AvgIpc) is 2.53. The van der Waals surface area contributed by atoms with Crippen LogP contribution < -0.4 is 10.9 Å². The molecule has 0 bridgehead atoms. The number of anilines is 1. The minimum Gasteiger partial charge on any atom is -0.325 e. The second-order valence-corrected chi connectivity index (χ2v) is 5.52. The lowest BCUT2D eigenvalue weighted by Gasteiger charge is -2.07. The predicted molar refractivity (Wildman–Crippen MR) is 86.6 cm³/mol. The lowest BCUT2D eigenvalue weighted by molar-refractivity contribution is -0.116. The largest absolute Gasteiger partial charge is 0.325 e. The highest BCUT2D eigenvalue weighted by molar-refractivity contribution is 9.10. The van der Waals surface area contributed by atoms with Crippen molar-refractivity contribution >= 4 is 38.6 Å². The van der Waals surface area contributed by atoms with Gasteiger partial charge in [0.1, 0.15) is 12.9 Å². The topological polar surface area (TPSA) is 76.9 Å². The van der Waals surface area contributed by atoms with E-state index in [1.54, 1.807) is 30.5 Å². The number of halogens is 1. The van der Waals surface area contributed by atoms with Crippen LogP contribution in [0.5, 0.6) is 0 Å². The van der Waals surface area contributed by atoms with Crippen LogP contribution in [-0.2, 0) is 11.3 Å². The van der Waals surface area contributed by atoms with Gasteiger partial charge in [-0.3, -0.25) is 14.2 Å². The zero-order valence-electron chi connectivity index (χ0n) is 11.4. The second-order valence-electron chi connectivity index (χ2n) is 4.61. The summed E-state index contributed by atoms with van der Waals surface area (Å²) in [6, 6.07) is 10.5. The molecule has 0 atom stereocenters. The van der Waals surface area contributed by atoms with E-state index in [0.717, 1.165) is 4.47 Å². The van der Waals surface area contributed by atoms with E-state index in [0.29, 0.717) is 16.7 Å². The van der Waals surface area contributed by atoms with Gasteiger partial charge in [0.05, 0.1) is 5.39 Å². The summed E-state index contributed by atoms with van der Waals surface area (Å²) in [5.41, 5.74) is 0.748. The molecule has 0 aliphatic carbocycles. The van der Waals surface area contributed by atoms with Gasteiger partial charge in [-0.2, -0.15) is 0 Å². The molecule has 2 heterocycles. The Hall–Kier alpha value is -2.54. The fraction of sp³-hybridized carbons (Fsp3) is 0.0667. The van der Waals surface area contributed by atoms with Crippen LogP contribution in [0.2, 0.25) is 0 Å². The number of hydrogen-bond donors (Lipinski definition) is 1. The highest BCUT2D eigenvalue weighted by atomic mass is 79.9. The number of amides is 1. The normalized spacial score (nSPS) is 10.6. The third-order valence-corrected chi connectivity index (χ3v) is 3.57. The van der Waals surface area contributed by atoms with Crippen LogP contribution in [0.1, 0.15) is 0 Å². The number of carbonyl (C=O) groups is 1. The summed E-state index contributed by atoms with van der Waals surface area (Å²) < 4.78 is 2.19. The van der Waals surface area contributed by atoms with E-state index in [1.807, 2.05) is 12.1 Å². The Morgan fingerprint density at radius 3 is 2.73 bits per heavy atom. The first-order chi connectivity index (χ1) is 10.6. The summed E-state index contributed by atoms with van der Waals surface area (Å²) in [6.45, 7) is -0.104. The van der Waals surface area contributed by atoms with Gasteiger partial charge in [-0.25, -0.2) is 9.97 Å². The molecule has 3 aromatic rings. The highest BCUT2D eigenvalue weighted by Gasteiger charge is 2.08. The molecule has 0 saturated carbocycles. The van der Waals surface area contributed by atoms with Crippen molar-refractivity contribution in [3.05, 3.63) is 63.7 Å². The van der Waals surface area contributed by atoms with E-state index in [-0.39, 0.29) is 18.0 Å². The van der Waals surface area contributed by atoms with Crippen LogP contribution in [0.4, 0.5) is 5.69 Å². The van der Waals surface area contributed by atoms with Gasteiger partial charge in [-0.05, 0) is 36.4 Å². The van der Waals surface area contributed by atoms with Gasteiger partial charge in [0.25, 0.3) is 5.56 Å². The number of hydrogen-bond acceptors (Lipinski definition) is 4. The maximum Gasteiger partial charge on any atom is 0.263 e. The lowest BCUT2D eigenvalue weighted by atomic mass is 10.3. The molecule has 0 spiro atoms. The molecular formula is C15H11BrN4O2. The van der Waals surface area contributed by atoms with Crippen molar-refractivity contribution in [3.8, 4) is 0 Å². The molecular weight excluding hydrogens is 348 g/mol. The van der Waals surface area contributed by atoms with Gasteiger partial charge in [-0.1, -0.05) is 15.9 Å². The Balaban J connectivity index is 1.81. The number of fused-ring (bicyclic) bond motifs is 1. The molecule has 1 amide bonds. The van der Waals surface area contributed by atoms with Crippen molar-refractivity contribution in [2.75, 3.05) is 5.32 Å². The molecule has 1 N–H and O–H groups in total. The zero-order chi connectivity index (χ0) is 15.5.